The van der Waals surface area contributed by atoms with Crippen LogP contribution >= 0.6 is 24.8 Å². The second kappa shape index (κ2) is 13.0. The molecule has 2 amide bonds. The molecule has 3 N–H and O–H groups in total. The van der Waals surface area contributed by atoms with E-state index in [1.807, 2.05) is 18.7 Å². The SMILES string of the molecule is CCN(CC)C[C@@H]1C(=O)NCCN1C(=O)C[C@H](N)Cc1ccc(F)c(F)c1F.Cl.Cl. The van der Waals surface area contributed by atoms with Crippen LogP contribution in [0.4, 0.5) is 13.2 Å². The van der Waals surface area contributed by atoms with Crippen molar-refractivity contribution in [2.45, 2.75) is 38.8 Å². The van der Waals surface area contributed by atoms with Crippen LogP contribution in [-0.2, 0) is 16.0 Å². The van der Waals surface area contributed by atoms with Crippen molar-refractivity contribution in [3.63, 3.8) is 0 Å². The van der Waals surface area contributed by atoms with Crippen molar-refractivity contribution < 1.29 is 22.8 Å². The number of rotatable bonds is 8. The van der Waals surface area contributed by atoms with Gasteiger partial charge in [0.1, 0.15) is 6.04 Å². The third kappa shape index (κ3) is 7.01. The number of nitrogens with one attached hydrogen (secondary N) is 1. The zero-order valence-electron chi connectivity index (χ0n) is 17.0. The van der Waals surface area contributed by atoms with Gasteiger partial charge in [0.2, 0.25) is 11.8 Å². The summed E-state index contributed by atoms with van der Waals surface area (Å²) in [6, 6.07) is 0.548. The van der Waals surface area contributed by atoms with Gasteiger partial charge >= 0.3 is 0 Å². The molecule has 1 heterocycles. The van der Waals surface area contributed by atoms with Crippen LogP contribution in [0.1, 0.15) is 25.8 Å². The van der Waals surface area contributed by atoms with Crippen molar-refractivity contribution in [3.8, 4) is 0 Å². The van der Waals surface area contributed by atoms with Crippen LogP contribution in [0.5, 0.6) is 0 Å². The molecule has 30 heavy (non-hydrogen) atoms. The van der Waals surface area contributed by atoms with Crippen molar-refractivity contribution in [2.24, 2.45) is 5.73 Å². The summed E-state index contributed by atoms with van der Waals surface area (Å²) in [4.78, 5) is 28.6. The molecular formula is C19H29Cl2F3N4O2. The molecule has 1 aromatic rings. The number of halogens is 5. The normalized spacial score (nSPS) is 17.1. The van der Waals surface area contributed by atoms with E-state index >= 15 is 0 Å². The van der Waals surface area contributed by atoms with Gasteiger partial charge in [0.05, 0.1) is 0 Å². The molecule has 1 aromatic carbocycles. The predicted molar refractivity (Wildman–Crippen MR) is 113 cm³/mol. The molecule has 0 unspecified atom stereocenters. The van der Waals surface area contributed by atoms with Gasteiger partial charge in [-0.3, -0.25) is 9.59 Å². The Morgan fingerprint density at radius 1 is 1.23 bits per heavy atom. The number of carbonyl (C=O) groups excluding carboxylic acids is 2. The summed E-state index contributed by atoms with van der Waals surface area (Å²) < 4.78 is 40.2. The molecule has 1 aliphatic rings. The number of hydrogen-bond acceptors (Lipinski definition) is 4. The van der Waals surface area contributed by atoms with E-state index in [4.69, 9.17) is 5.73 Å². The molecule has 0 spiro atoms. The van der Waals surface area contributed by atoms with E-state index < -0.39 is 29.5 Å². The Labute approximate surface area is 187 Å². The van der Waals surface area contributed by atoms with Gasteiger partial charge in [0.15, 0.2) is 17.5 Å². The predicted octanol–water partition coefficient (Wildman–Crippen LogP) is 1.88. The number of carbonyl (C=O) groups is 2. The van der Waals surface area contributed by atoms with Gasteiger partial charge in [0, 0.05) is 32.1 Å². The lowest BCUT2D eigenvalue weighted by Gasteiger charge is -2.38. The molecule has 0 saturated carbocycles. The molecule has 11 heteroatoms. The number of nitrogens with two attached hydrogens (primary N) is 1. The van der Waals surface area contributed by atoms with Crippen LogP contribution < -0.4 is 11.1 Å². The van der Waals surface area contributed by atoms with E-state index in [0.717, 1.165) is 25.2 Å². The van der Waals surface area contributed by atoms with Crippen LogP contribution in [0.15, 0.2) is 12.1 Å². The molecule has 0 bridgehead atoms. The highest BCUT2D eigenvalue weighted by Gasteiger charge is 2.34. The summed E-state index contributed by atoms with van der Waals surface area (Å²) in [5, 5.41) is 2.77. The summed E-state index contributed by atoms with van der Waals surface area (Å²) in [5.41, 5.74) is 5.87. The maximum atomic E-state index is 13.8. The van der Waals surface area contributed by atoms with E-state index in [-0.39, 0.29) is 55.0 Å². The Hall–Kier alpha value is -1.55. The van der Waals surface area contributed by atoms with Crippen molar-refractivity contribution in [1.82, 2.24) is 15.1 Å². The van der Waals surface area contributed by atoms with Crippen LogP contribution in [0.3, 0.4) is 0 Å². The first kappa shape index (κ1) is 28.5. The van der Waals surface area contributed by atoms with Gasteiger partial charge in [-0.1, -0.05) is 19.9 Å². The third-order valence-electron chi connectivity index (χ3n) is 5.01. The number of piperazine rings is 1. The largest absolute Gasteiger partial charge is 0.352 e. The van der Waals surface area contributed by atoms with Gasteiger partial charge in [-0.15, -0.1) is 24.8 Å². The summed E-state index contributed by atoms with van der Waals surface area (Å²) in [6.07, 6.45) is -0.240. The number of benzene rings is 1. The van der Waals surface area contributed by atoms with Crippen LogP contribution in [-0.4, -0.2) is 66.4 Å². The molecule has 172 valence electrons. The molecule has 0 aromatic heterocycles. The highest BCUT2D eigenvalue weighted by Crippen LogP contribution is 2.18. The molecule has 1 aliphatic heterocycles. The topological polar surface area (TPSA) is 78.7 Å². The van der Waals surface area contributed by atoms with Crippen LogP contribution in [0.25, 0.3) is 0 Å². The molecule has 1 saturated heterocycles. The van der Waals surface area contributed by atoms with E-state index in [2.05, 4.69) is 5.32 Å². The van der Waals surface area contributed by atoms with Crippen molar-refractivity contribution >= 4 is 36.6 Å². The first-order valence-corrected chi connectivity index (χ1v) is 9.45. The Morgan fingerprint density at radius 2 is 1.87 bits per heavy atom. The molecule has 0 aliphatic carbocycles. The van der Waals surface area contributed by atoms with E-state index in [1.165, 1.54) is 4.90 Å². The van der Waals surface area contributed by atoms with Crippen molar-refractivity contribution in [2.75, 3.05) is 32.7 Å². The lowest BCUT2D eigenvalue weighted by atomic mass is 10.0. The first-order valence-electron chi connectivity index (χ1n) is 9.45. The summed E-state index contributed by atoms with van der Waals surface area (Å²) >= 11 is 0. The minimum absolute atomic E-state index is 0. The fraction of sp³-hybridized carbons (Fsp3) is 0.579. The highest BCUT2D eigenvalue weighted by atomic mass is 35.5. The van der Waals surface area contributed by atoms with Gasteiger partial charge in [-0.2, -0.15) is 0 Å². The fourth-order valence-electron chi connectivity index (χ4n) is 3.34. The number of hydrogen-bond donors (Lipinski definition) is 2. The number of amides is 2. The minimum atomic E-state index is -1.55. The van der Waals surface area contributed by atoms with Crippen molar-refractivity contribution in [3.05, 3.63) is 35.1 Å². The average molecular weight is 473 g/mol. The maximum Gasteiger partial charge on any atom is 0.244 e. The standard InChI is InChI=1S/C19H27F3N4O2.2ClH/c1-3-25(4-2)11-15-19(28)24-7-8-26(15)16(27)10-13(23)9-12-5-6-14(20)18(22)17(12)21;;/h5-6,13,15H,3-4,7-11,23H2,1-2H3,(H,24,28);2*1H/t13-,15-;;/m1../s1. The Balaban J connectivity index is 0.00000420. The van der Waals surface area contributed by atoms with Gasteiger partial charge in [-0.25, -0.2) is 13.2 Å². The Morgan fingerprint density at radius 3 is 2.47 bits per heavy atom. The van der Waals surface area contributed by atoms with Gasteiger partial charge < -0.3 is 20.9 Å². The highest BCUT2D eigenvalue weighted by molar-refractivity contribution is 5.89. The Kier molecular flexibility index (Phi) is 12.3. The summed E-state index contributed by atoms with van der Waals surface area (Å²) in [7, 11) is 0. The number of likely N-dealkylation sites (N-methyl/N-ethyl adjacent to an activating group) is 1. The molecule has 6 nitrogen and oxygen atoms in total. The quantitative estimate of drug-likeness (QED) is 0.566. The monoisotopic (exact) mass is 472 g/mol. The Bertz CT molecular complexity index is 723. The van der Waals surface area contributed by atoms with Crippen LogP contribution in [0.2, 0.25) is 0 Å². The second-order valence-electron chi connectivity index (χ2n) is 6.88. The summed E-state index contributed by atoms with van der Waals surface area (Å²) in [5.74, 6) is -4.65. The first-order chi connectivity index (χ1) is 13.3. The minimum Gasteiger partial charge on any atom is -0.352 e. The third-order valence-corrected chi connectivity index (χ3v) is 5.01. The molecule has 0 radical (unpaired) electrons. The van der Waals surface area contributed by atoms with E-state index in [1.54, 1.807) is 0 Å². The number of nitrogens with zero attached hydrogens (tertiary/aromatic N) is 2. The fourth-order valence-corrected chi connectivity index (χ4v) is 3.34. The van der Waals surface area contributed by atoms with Gasteiger partial charge in [0.25, 0.3) is 0 Å². The zero-order chi connectivity index (χ0) is 20.8. The van der Waals surface area contributed by atoms with Gasteiger partial charge in [-0.05, 0) is 31.1 Å². The molecule has 2 atom stereocenters. The average Bonchev–Trinajstić information content (AvgIpc) is 2.67. The van der Waals surface area contributed by atoms with Crippen molar-refractivity contribution in [1.29, 1.82) is 0 Å². The van der Waals surface area contributed by atoms with E-state index in [9.17, 15) is 22.8 Å². The maximum absolute atomic E-state index is 13.8. The summed E-state index contributed by atoms with van der Waals surface area (Å²) in [6.45, 7) is 6.58. The second-order valence-corrected chi connectivity index (χ2v) is 6.88. The zero-order valence-corrected chi connectivity index (χ0v) is 18.6. The molecular weight excluding hydrogens is 444 g/mol. The lowest BCUT2D eigenvalue weighted by molar-refractivity contribution is -0.144. The lowest BCUT2D eigenvalue weighted by Crippen LogP contribution is -2.61. The van der Waals surface area contributed by atoms with E-state index in [0.29, 0.717) is 19.6 Å². The van der Waals surface area contributed by atoms with Crippen LogP contribution in [0, 0.1) is 17.5 Å². The molecule has 2 rings (SSSR count). The molecule has 1 fully saturated rings. The smallest absolute Gasteiger partial charge is 0.244 e.